The Labute approximate surface area is 245 Å². The minimum atomic E-state index is -1.67. The highest BCUT2D eigenvalue weighted by atomic mass is 16.7. The molecule has 0 saturated heterocycles. The van der Waals surface area contributed by atoms with Crippen molar-refractivity contribution < 1.29 is 23.9 Å². The van der Waals surface area contributed by atoms with Gasteiger partial charge in [0.15, 0.2) is 11.8 Å². The van der Waals surface area contributed by atoms with E-state index in [4.69, 9.17) is 9.47 Å². The van der Waals surface area contributed by atoms with Crippen molar-refractivity contribution >= 4 is 40.6 Å². The molecule has 10 nitrogen and oxygen atoms in total. The molecule has 2 aliphatic heterocycles. The van der Waals surface area contributed by atoms with Crippen LogP contribution < -0.4 is 26.2 Å². The second kappa shape index (κ2) is 12.6. The molecule has 1 atom stereocenters. The van der Waals surface area contributed by atoms with Crippen molar-refractivity contribution in [3.05, 3.63) is 83.4 Å². The molecule has 0 aliphatic carbocycles. The number of nitrogens with zero attached hydrogens (tertiary/aromatic N) is 1. The Morgan fingerprint density at radius 3 is 2.43 bits per heavy atom. The highest BCUT2D eigenvalue weighted by Crippen LogP contribution is 2.43. The molecule has 2 heterocycles. The lowest BCUT2D eigenvalue weighted by Crippen LogP contribution is -2.56. The van der Waals surface area contributed by atoms with E-state index in [1.165, 1.54) is 4.90 Å². The number of fused-ring (bicyclic) bond motifs is 2. The zero-order valence-corrected chi connectivity index (χ0v) is 24.2. The average Bonchev–Trinajstić information content (AvgIpc) is 3.52. The number of hydrogen-bond acceptors (Lipinski definition) is 6. The molecule has 0 radical (unpaired) electrons. The summed E-state index contributed by atoms with van der Waals surface area (Å²) in [6.07, 6.45) is -0.127. The standard InChI is InChI=1S/C32H37N5O5/c1-4-41-29(42-5-2)20-37-27-9-7-6-8-25(27)32(30(37)39,36-31(40)35-23-12-10-21(3)11-13-23)19-28(38)34-24-14-15-26-22(18-24)16-17-33-26/h6-15,18,29,33H,4-5,16-17,19-20H2,1-3H3,(H,34,38)(H2,35,36,40). The quantitative estimate of drug-likeness (QED) is 0.247. The molecule has 4 amide bonds. The van der Waals surface area contributed by atoms with E-state index in [1.54, 1.807) is 30.3 Å². The van der Waals surface area contributed by atoms with E-state index in [1.807, 2.05) is 57.2 Å². The van der Waals surface area contributed by atoms with Crippen LogP contribution in [0.15, 0.2) is 66.7 Å². The third-order valence-corrected chi connectivity index (χ3v) is 7.46. The Kier molecular flexibility index (Phi) is 8.75. The van der Waals surface area contributed by atoms with E-state index in [0.717, 1.165) is 29.8 Å². The van der Waals surface area contributed by atoms with E-state index in [-0.39, 0.29) is 13.0 Å². The van der Waals surface area contributed by atoms with Gasteiger partial charge in [0.25, 0.3) is 5.91 Å². The van der Waals surface area contributed by atoms with Crippen LogP contribution in [0.5, 0.6) is 0 Å². The van der Waals surface area contributed by atoms with Crippen molar-refractivity contribution in [2.24, 2.45) is 0 Å². The highest BCUT2D eigenvalue weighted by Gasteiger charge is 2.53. The maximum Gasteiger partial charge on any atom is 0.320 e. The molecular weight excluding hydrogens is 534 g/mol. The van der Waals surface area contributed by atoms with Crippen LogP contribution in [0.4, 0.5) is 27.5 Å². The fourth-order valence-corrected chi connectivity index (χ4v) is 5.54. The Balaban J connectivity index is 1.47. The fourth-order valence-electron chi connectivity index (χ4n) is 5.54. The zero-order valence-electron chi connectivity index (χ0n) is 24.2. The summed E-state index contributed by atoms with van der Waals surface area (Å²) in [6, 6.07) is 19.6. The van der Waals surface area contributed by atoms with Crippen LogP contribution in [-0.4, -0.2) is 50.4 Å². The van der Waals surface area contributed by atoms with Gasteiger partial charge in [-0.3, -0.25) is 9.59 Å². The van der Waals surface area contributed by atoms with Gasteiger partial charge in [-0.25, -0.2) is 4.79 Å². The van der Waals surface area contributed by atoms with E-state index in [9.17, 15) is 14.4 Å². The molecule has 0 bridgehead atoms. The number of anilines is 4. The van der Waals surface area contributed by atoms with Crippen molar-refractivity contribution in [2.75, 3.05) is 47.2 Å². The molecule has 1 unspecified atom stereocenters. The maximum atomic E-state index is 14.4. The smallest absolute Gasteiger partial charge is 0.320 e. The number of aryl methyl sites for hydroxylation is 1. The Hall–Kier alpha value is -4.41. The number of carbonyl (C=O) groups is 3. The van der Waals surface area contributed by atoms with Crippen molar-refractivity contribution in [1.29, 1.82) is 0 Å². The number of para-hydroxylation sites is 1. The van der Waals surface area contributed by atoms with Crippen molar-refractivity contribution in [2.45, 2.75) is 45.4 Å². The number of amides is 4. The first-order valence-corrected chi connectivity index (χ1v) is 14.3. The number of carbonyl (C=O) groups excluding carboxylic acids is 3. The number of nitrogens with one attached hydrogen (secondary N) is 4. The number of urea groups is 1. The molecule has 3 aromatic rings. The minimum absolute atomic E-state index is 0.0972. The van der Waals surface area contributed by atoms with Crippen LogP contribution in [0.25, 0.3) is 0 Å². The number of ether oxygens (including phenoxy) is 2. The first kappa shape index (κ1) is 29.1. The summed E-state index contributed by atoms with van der Waals surface area (Å²) in [6.45, 7) is 7.40. The second-order valence-electron chi connectivity index (χ2n) is 10.4. The highest BCUT2D eigenvalue weighted by molar-refractivity contribution is 6.13. The van der Waals surface area contributed by atoms with E-state index < -0.39 is 29.7 Å². The van der Waals surface area contributed by atoms with E-state index >= 15 is 0 Å². The number of benzene rings is 3. The number of rotatable bonds is 11. The van der Waals surface area contributed by atoms with Gasteiger partial charge in [0.05, 0.1) is 18.7 Å². The van der Waals surface area contributed by atoms with Gasteiger partial charge in [0.2, 0.25) is 5.91 Å². The second-order valence-corrected chi connectivity index (χ2v) is 10.4. The summed E-state index contributed by atoms with van der Waals surface area (Å²) >= 11 is 0. The molecule has 42 heavy (non-hydrogen) atoms. The lowest BCUT2D eigenvalue weighted by molar-refractivity contribution is -0.138. The van der Waals surface area contributed by atoms with Gasteiger partial charge in [-0.2, -0.15) is 0 Å². The molecule has 5 rings (SSSR count). The van der Waals surface area contributed by atoms with Gasteiger partial charge in [-0.1, -0.05) is 35.9 Å². The molecule has 220 valence electrons. The van der Waals surface area contributed by atoms with Crippen LogP contribution in [-0.2, 0) is 31.0 Å². The molecular formula is C32H37N5O5. The molecule has 0 fully saturated rings. The Bertz CT molecular complexity index is 1450. The largest absolute Gasteiger partial charge is 0.384 e. The van der Waals surface area contributed by atoms with Gasteiger partial charge in [-0.15, -0.1) is 0 Å². The zero-order chi connectivity index (χ0) is 29.7. The molecule has 2 aliphatic rings. The minimum Gasteiger partial charge on any atom is -0.384 e. The Morgan fingerprint density at radius 2 is 1.69 bits per heavy atom. The third-order valence-electron chi connectivity index (χ3n) is 7.46. The summed E-state index contributed by atoms with van der Waals surface area (Å²) < 4.78 is 11.5. The van der Waals surface area contributed by atoms with Crippen molar-refractivity contribution in [3.8, 4) is 0 Å². The van der Waals surface area contributed by atoms with Crippen molar-refractivity contribution in [1.82, 2.24) is 5.32 Å². The predicted molar refractivity (Wildman–Crippen MR) is 163 cm³/mol. The van der Waals surface area contributed by atoms with Gasteiger partial charge in [-0.05, 0) is 69.2 Å². The third kappa shape index (κ3) is 6.09. The van der Waals surface area contributed by atoms with Crippen molar-refractivity contribution in [3.63, 3.8) is 0 Å². The summed E-state index contributed by atoms with van der Waals surface area (Å²) in [5.74, 6) is -0.854. The first-order valence-electron chi connectivity index (χ1n) is 14.3. The molecule has 0 saturated carbocycles. The monoisotopic (exact) mass is 571 g/mol. The lowest BCUT2D eigenvalue weighted by atomic mass is 9.87. The summed E-state index contributed by atoms with van der Waals surface area (Å²) in [5, 5.41) is 12.0. The van der Waals surface area contributed by atoms with E-state index in [2.05, 4.69) is 21.3 Å². The van der Waals surface area contributed by atoms with Gasteiger partial charge >= 0.3 is 6.03 Å². The predicted octanol–water partition coefficient (Wildman–Crippen LogP) is 4.75. The molecule has 0 spiro atoms. The summed E-state index contributed by atoms with van der Waals surface area (Å²) in [7, 11) is 0. The van der Waals surface area contributed by atoms with Gasteiger partial charge < -0.3 is 35.6 Å². The normalized spacial score (nSPS) is 17.0. The molecule has 10 heteroatoms. The molecule has 4 N–H and O–H groups in total. The van der Waals surface area contributed by atoms with Crippen LogP contribution in [0, 0.1) is 6.92 Å². The summed E-state index contributed by atoms with van der Waals surface area (Å²) in [4.78, 5) is 43.0. The lowest BCUT2D eigenvalue weighted by Gasteiger charge is -2.30. The first-order chi connectivity index (χ1) is 20.3. The topological polar surface area (TPSA) is 121 Å². The van der Waals surface area contributed by atoms with Crippen LogP contribution in [0.1, 0.15) is 37.0 Å². The van der Waals surface area contributed by atoms with E-state index in [0.29, 0.717) is 35.8 Å². The number of hydrogen-bond donors (Lipinski definition) is 4. The van der Waals surface area contributed by atoms with Gasteiger partial charge in [0, 0.05) is 42.4 Å². The van der Waals surface area contributed by atoms with Crippen LogP contribution in [0.3, 0.4) is 0 Å². The maximum absolute atomic E-state index is 14.4. The van der Waals surface area contributed by atoms with Crippen LogP contribution in [0.2, 0.25) is 0 Å². The molecule has 0 aromatic heterocycles. The Morgan fingerprint density at radius 1 is 0.976 bits per heavy atom. The average molecular weight is 572 g/mol. The van der Waals surface area contributed by atoms with Gasteiger partial charge in [0.1, 0.15) is 0 Å². The fraction of sp³-hybridized carbons (Fsp3) is 0.344. The molecule has 3 aromatic carbocycles. The van der Waals surface area contributed by atoms with Crippen LogP contribution >= 0.6 is 0 Å². The summed E-state index contributed by atoms with van der Waals surface area (Å²) in [5.41, 5.74) is 3.84. The SMILES string of the molecule is CCOC(CN1C(=O)C(CC(=O)Nc2ccc3c(c2)CCN3)(NC(=O)Nc2ccc(C)cc2)c2ccccc21)OCC.